The predicted octanol–water partition coefficient (Wildman–Crippen LogP) is 2.11. The molecular weight excluding hydrogens is 248 g/mol. The number of benzene rings is 1. The zero-order valence-electron chi connectivity index (χ0n) is 12.3. The molecule has 3 nitrogen and oxygen atoms in total. The number of aryl methyl sites for hydroxylation is 2. The van der Waals surface area contributed by atoms with E-state index in [1.165, 1.54) is 22.3 Å². The van der Waals surface area contributed by atoms with Gasteiger partial charge in [-0.1, -0.05) is 18.2 Å². The molecule has 0 unspecified atom stereocenters. The second-order valence-electron chi connectivity index (χ2n) is 5.88. The van der Waals surface area contributed by atoms with Crippen LogP contribution in [-0.2, 0) is 17.8 Å². The molecule has 0 radical (unpaired) electrons. The molecule has 3 heteroatoms. The van der Waals surface area contributed by atoms with Crippen molar-refractivity contribution in [2.24, 2.45) is 0 Å². The fourth-order valence-electron chi connectivity index (χ4n) is 3.04. The molecule has 0 aliphatic carbocycles. The zero-order chi connectivity index (χ0) is 14.1. The number of fused-ring (bicyclic) bond motifs is 1. The van der Waals surface area contributed by atoms with Crippen LogP contribution in [0.15, 0.2) is 23.8 Å². The molecule has 3 rings (SSSR count). The number of nitrogens with zero attached hydrogens (tertiary/aromatic N) is 1. The van der Waals surface area contributed by atoms with Gasteiger partial charge in [-0.25, -0.2) is 0 Å². The van der Waals surface area contributed by atoms with Crippen LogP contribution in [0.1, 0.15) is 28.7 Å². The summed E-state index contributed by atoms with van der Waals surface area (Å²) in [5.41, 5.74) is 6.33. The number of hydrogen-bond acceptors (Lipinski definition) is 2. The molecule has 1 N–H and O–H groups in total. The summed E-state index contributed by atoms with van der Waals surface area (Å²) in [5, 5.41) is 3.27. The van der Waals surface area contributed by atoms with E-state index in [1.54, 1.807) is 0 Å². The summed E-state index contributed by atoms with van der Waals surface area (Å²) in [6, 6.07) is 4.53. The summed E-state index contributed by atoms with van der Waals surface area (Å²) in [5.74, 6) is 0.209. The van der Waals surface area contributed by atoms with E-state index < -0.39 is 0 Å². The Balaban J connectivity index is 1.79. The van der Waals surface area contributed by atoms with Crippen molar-refractivity contribution in [3.8, 4) is 0 Å². The normalized spacial score (nSPS) is 18.5. The third kappa shape index (κ3) is 2.50. The number of carbonyl (C=O) groups excluding carboxylic acids is 1. The minimum atomic E-state index is 0.209. The van der Waals surface area contributed by atoms with E-state index in [0.717, 1.165) is 44.6 Å². The second-order valence-corrected chi connectivity index (χ2v) is 5.88. The van der Waals surface area contributed by atoms with Gasteiger partial charge in [0.2, 0.25) is 0 Å². The van der Waals surface area contributed by atoms with Crippen molar-refractivity contribution in [2.75, 3.05) is 19.6 Å². The first kappa shape index (κ1) is 13.4. The van der Waals surface area contributed by atoms with Crippen molar-refractivity contribution >= 4 is 5.91 Å². The van der Waals surface area contributed by atoms with Gasteiger partial charge >= 0.3 is 0 Å². The van der Waals surface area contributed by atoms with Crippen molar-refractivity contribution in [1.29, 1.82) is 0 Å². The molecule has 0 saturated heterocycles. The fourth-order valence-corrected chi connectivity index (χ4v) is 3.04. The van der Waals surface area contributed by atoms with Crippen LogP contribution in [0.4, 0.5) is 0 Å². The first-order valence-corrected chi connectivity index (χ1v) is 7.43. The van der Waals surface area contributed by atoms with Crippen molar-refractivity contribution < 1.29 is 4.79 Å². The Morgan fingerprint density at radius 2 is 1.95 bits per heavy atom. The summed E-state index contributed by atoms with van der Waals surface area (Å²) in [6.07, 6.45) is 4.03. The van der Waals surface area contributed by atoms with Gasteiger partial charge in [0.05, 0.1) is 0 Å². The number of rotatable bonds is 1. The van der Waals surface area contributed by atoms with Gasteiger partial charge in [-0.15, -0.1) is 0 Å². The second kappa shape index (κ2) is 5.41. The van der Waals surface area contributed by atoms with Crippen molar-refractivity contribution in [3.63, 3.8) is 0 Å². The lowest BCUT2D eigenvalue weighted by atomic mass is 9.94. The highest BCUT2D eigenvalue weighted by molar-refractivity contribution is 5.94. The van der Waals surface area contributed by atoms with E-state index in [1.807, 2.05) is 4.90 Å². The summed E-state index contributed by atoms with van der Waals surface area (Å²) in [6.45, 7) is 7.60. The summed E-state index contributed by atoms with van der Waals surface area (Å²) < 4.78 is 0. The Bertz CT molecular complexity index is 575. The van der Waals surface area contributed by atoms with E-state index >= 15 is 0 Å². The Morgan fingerprint density at radius 3 is 2.65 bits per heavy atom. The van der Waals surface area contributed by atoms with Crippen LogP contribution in [-0.4, -0.2) is 30.4 Å². The lowest BCUT2D eigenvalue weighted by molar-refractivity contribution is -0.128. The minimum absolute atomic E-state index is 0.209. The van der Waals surface area contributed by atoms with E-state index in [0.29, 0.717) is 0 Å². The van der Waals surface area contributed by atoms with Crippen LogP contribution in [0.3, 0.4) is 0 Å². The van der Waals surface area contributed by atoms with Gasteiger partial charge in [-0.2, -0.15) is 0 Å². The van der Waals surface area contributed by atoms with Gasteiger partial charge in [0.1, 0.15) is 0 Å². The quantitative estimate of drug-likeness (QED) is 0.847. The van der Waals surface area contributed by atoms with Gasteiger partial charge in [-0.3, -0.25) is 4.79 Å². The molecule has 0 aromatic heterocycles. The highest BCUT2D eigenvalue weighted by atomic mass is 16.2. The lowest BCUT2D eigenvalue weighted by Gasteiger charge is -2.31. The van der Waals surface area contributed by atoms with Crippen LogP contribution in [0.25, 0.3) is 0 Å². The lowest BCUT2D eigenvalue weighted by Crippen LogP contribution is -2.40. The molecule has 0 bridgehead atoms. The molecule has 2 aliphatic rings. The average molecular weight is 270 g/mol. The number of amides is 1. The highest BCUT2D eigenvalue weighted by Crippen LogP contribution is 2.24. The number of hydrogen-bond donors (Lipinski definition) is 1. The molecule has 1 aromatic rings. The van der Waals surface area contributed by atoms with E-state index in [4.69, 9.17) is 0 Å². The molecule has 1 amide bonds. The number of carbonyl (C=O) groups is 1. The van der Waals surface area contributed by atoms with Crippen LogP contribution >= 0.6 is 0 Å². The zero-order valence-corrected chi connectivity index (χ0v) is 12.3. The van der Waals surface area contributed by atoms with Crippen LogP contribution in [0.2, 0.25) is 0 Å². The molecule has 2 heterocycles. The van der Waals surface area contributed by atoms with E-state index in [2.05, 4.69) is 37.4 Å². The van der Waals surface area contributed by atoms with E-state index in [-0.39, 0.29) is 5.91 Å². The molecule has 20 heavy (non-hydrogen) atoms. The highest BCUT2D eigenvalue weighted by Gasteiger charge is 2.24. The molecule has 0 atom stereocenters. The van der Waals surface area contributed by atoms with Gasteiger partial charge in [0, 0.05) is 25.2 Å². The predicted molar refractivity (Wildman–Crippen MR) is 80.6 cm³/mol. The fraction of sp³-hybridized carbons (Fsp3) is 0.471. The monoisotopic (exact) mass is 270 g/mol. The standard InChI is InChI=1S/C17H22N2O/c1-12-8-14-5-7-19(11-16(14)9-13(12)2)17(20)15-4-3-6-18-10-15/h4,8-9,18H,3,5-7,10-11H2,1-2H3. The van der Waals surface area contributed by atoms with E-state index in [9.17, 15) is 4.79 Å². The Morgan fingerprint density at radius 1 is 1.20 bits per heavy atom. The van der Waals surface area contributed by atoms with Crippen molar-refractivity contribution in [2.45, 2.75) is 33.2 Å². The van der Waals surface area contributed by atoms with Crippen LogP contribution in [0.5, 0.6) is 0 Å². The molecular formula is C17H22N2O. The Kier molecular flexibility index (Phi) is 3.62. The molecule has 2 aliphatic heterocycles. The Labute approximate surface area is 120 Å². The van der Waals surface area contributed by atoms with Gasteiger partial charge in [0.25, 0.3) is 5.91 Å². The largest absolute Gasteiger partial charge is 0.334 e. The first-order chi connectivity index (χ1) is 9.65. The first-order valence-electron chi connectivity index (χ1n) is 7.43. The van der Waals surface area contributed by atoms with Crippen molar-refractivity contribution in [1.82, 2.24) is 10.2 Å². The van der Waals surface area contributed by atoms with Crippen molar-refractivity contribution in [3.05, 3.63) is 46.0 Å². The third-order valence-electron chi connectivity index (χ3n) is 4.42. The van der Waals surface area contributed by atoms with Gasteiger partial charge in [0.15, 0.2) is 0 Å². The average Bonchev–Trinajstić information content (AvgIpc) is 2.48. The number of nitrogens with one attached hydrogen (secondary N) is 1. The topological polar surface area (TPSA) is 32.3 Å². The molecule has 0 spiro atoms. The molecule has 0 saturated carbocycles. The maximum atomic E-state index is 12.5. The maximum absolute atomic E-state index is 12.5. The third-order valence-corrected chi connectivity index (χ3v) is 4.42. The Hall–Kier alpha value is -1.61. The minimum Gasteiger partial charge on any atom is -0.334 e. The van der Waals surface area contributed by atoms with Crippen LogP contribution < -0.4 is 5.32 Å². The van der Waals surface area contributed by atoms with Crippen LogP contribution in [0, 0.1) is 13.8 Å². The molecule has 0 fully saturated rings. The maximum Gasteiger partial charge on any atom is 0.251 e. The summed E-state index contributed by atoms with van der Waals surface area (Å²) >= 11 is 0. The summed E-state index contributed by atoms with van der Waals surface area (Å²) in [4.78, 5) is 14.5. The molecule has 1 aromatic carbocycles. The molecule has 106 valence electrons. The smallest absolute Gasteiger partial charge is 0.251 e. The summed E-state index contributed by atoms with van der Waals surface area (Å²) in [7, 11) is 0. The SMILES string of the molecule is Cc1cc2c(cc1C)CN(C(=O)C1=CCCNC1)CC2. The van der Waals surface area contributed by atoms with Gasteiger partial charge < -0.3 is 10.2 Å². The van der Waals surface area contributed by atoms with Gasteiger partial charge in [-0.05, 0) is 55.5 Å².